The Morgan fingerprint density at radius 3 is 2.20 bits per heavy atom. The van der Waals surface area contributed by atoms with E-state index in [9.17, 15) is 0 Å². The second-order valence-electron chi connectivity index (χ2n) is 3.25. The van der Waals surface area contributed by atoms with Crippen LogP contribution in [0.5, 0.6) is 0 Å². The van der Waals surface area contributed by atoms with E-state index < -0.39 is 0 Å². The Morgan fingerprint density at radius 2 is 1.60 bits per heavy atom. The van der Waals surface area contributed by atoms with Gasteiger partial charge in [0.25, 0.3) is 0 Å². The minimum absolute atomic E-state index is 1.02. The van der Waals surface area contributed by atoms with Gasteiger partial charge in [-0.3, -0.25) is 0 Å². The molecule has 0 aliphatic carbocycles. The first kappa shape index (κ1) is 10.7. The van der Waals surface area contributed by atoms with E-state index in [1.54, 1.807) is 11.8 Å². The minimum Gasteiger partial charge on any atom is -0.143 e. The van der Waals surface area contributed by atoms with E-state index in [0.717, 1.165) is 4.90 Å². The van der Waals surface area contributed by atoms with Crippen molar-refractivity contribution in [3.8, 4) is 11.1 Å². The number of hydrogen-bond acceptors (Lipinski definition) is 2. The molecule has 0 aliphatic heterocycles. The third-order valence-electron chi connectivity index (χ3n) is 2.31. The van der Waals surface area contributed by atoms with E-state index in [-0.39, 0.29) is 0 Å². The quantitative estimate of drug-likeness (QED) is 0.593. The molecule has 2 rings (SSSR count). The van der Waals surface area contributed by atoms with Crippen molar-refractivity contribution >= 4 is 24.4 Å². The van der Waals surface area contributed by atoms with Gasteiger partial charge in [-0.25, -0.2) is 0 Å². The zero-order valence-corrected chi connectivity index (χ0v) is 10.2. The Bertz CT molecular complexity index is 446. The van der Waals surface area contributed by atoms with Gasteiger partial charge in [0.15, 0.2) is 0 Å². The molecule has 0 saturated carbocycles. The number of thioether (sulfide) groups is 1. The summed E-state index contributed by atoms with van der Waals surface area (Å²) in [5, 5.41) is 0. The zero-order chi connectivity index (χ0) is 10.7. The van der Waals surface area contributed by atoms with Crippen molar-refractivity contribution in [1.29, 1.82) is 0 Å². The number of thiol groups is 1. The molecule has 15 heavy (non-hydrogen) atoms. The fourth-order valence-corrected chi connectivity index (χ4v) is 2.19. The lowest BCUT2D eigenvalue weighted by atomic mass is 10.1. The third-order valence-corrected chi connectivity index (χ3v) is 3.44. The van der Waals surface area contributed by atoms with Crippen molar-refractivity contribution in [2.45, 2.75) is 9.79 Å². The number of benzene rings is 2. The molecular formula is C13H12S2. The average molecular weight is 232 g/mol. The fraction of sp³-hybridized carbons (Fsp3) is 0.0769. The van der Waals surface area contributed by atoms with Crippen LogP contribution in [0, 0.1) is 0 Å². The molecule has 2 aromatic rings. The van der Waals surface area contributed by atoms with Gasteiger partial charge >= 0.3 is 0 Å². The van der Waals surface area contributed by atoms with Crippen LogP contribution in [0.2, 0.25) is 0 Å². The predicted octanol–water partition coefficient (Wildman–Crippen LogP) is 4.36. The normalized spacial score (nSPS) is 10.3. The highest BCUT2D eigenvalue weighted by Gasteiger charge is 2.00. The van der Waals surface area contributed by atoms with Gasteiger partial charge in [0.2, 0.25) is 0 Å². The smallest absolute Gasteiger partial charge is 0.0119 e. The summed E-state index contributed by atoms with van der Waals surface area (Å²) >= 11 is 6.21. The summed E-state index contributed by atoms with van der Waals surface area (Å²) in [6.07, 6.45) is 2.08. The van der Waals surface area contributed by atoms with Crippen molar-refractivity contribution in [1.82, 2.24) is 0 Å². The summed E-state index contributed by atoms with van der Waals surface area (Å²) < 4.78 is 0. The average Bonchev–Trinajstić information content (AvgIpc) is 2.30. The Morgan fingerprint density at radius 1 is 0.933 bits per heavy atom. The van der Waals surface area contributed by atoms with Gasteiger partial charge in [0, 0.05) is 9.79 Å². The van der Waals surface area contributed by atoms with Crippen molar-refractivity contribution in [3.05, 3.63) is 48.5 Å². The van der Waals surface area contributed by atoms with E-state index in [1.807, 2.05) is 18.2 Å². The maximum atomic E-state index is 4.45. The summed E-state index contributed by atoms with van der Waals surface area (Å²) in [4.78, 5) is 2.31. The Labute approximate surface area is 100 Å². The lowest BCUT2D eigenvalue weighted by Gasteiger charge is -2.05. The lowest BCUT2D eigenvalue weighted by molar-refractivity contribution is 1.42. The summed E-state index contributed by atoms with van der Waals surface area (Å²) in [7, 11) is 0. The molecule has 2 aromatic carbocycles. The molecule has 0 N–H and O–H groups in total. The first-order valence-electron chi connectivity index (χ1n) is 4.73. The van der Waals surface area contributed by atoms with Crippen LogP contribution < -0.4 is 0 Å². The maximum Gasteiger partial charge on any atom is 0.0119 e. The molecule has 0 unspecified atom stereocenters. The first-order valence-corrected chi connectivity index (χ1v) is 6.41. The molecule has 0 fully saturated rings. The summed E-state index contributed by atoms with van der Waals surface area (Å²) in [6, 6.07) is 16.7. The van der Waals surface area contributed by atoms with E-state index in [1.165, 1.54) is 16.0 Å². The molecule has 0 spiro atoms. The highest BCUT2D eigenvalue weighted by molar-refractivity contribution is 7.98. The van der Waals surface area contributed by atoms with Crippen LogP contribution in [0.4, 0.5) is 0 Å². The van der Waals surface area contributed by atoms with Crippen LogP contribution in [0.15, 0.2) is 58.3 Å². The second kappa shape index (κ2) is 4.77. The van der Waals surface area contributed by atoms with Gasteiger partial charge in [-0.2, -0.15) is 0 Å². The number of rotatable bonds is 2. The molecule has 0 radical (unpaired) electrons. The molecule has 0 atom stereocenters. The molecule has 0 heterocycles. The maximum absolute atomic E-state index is 4.45. The third kappa shape index (κ3) is 2.39. The monoisotopic (exact) mass is 232 g/mol. The lowest BCUT2D eigenvalue weighted by Crippen LogP contribution is -1.79. The van der Waals surface area contributed by atoms with Gasteiger partial charge in [-0.05, 0) is 35.6 Å². The second-order valence-corrected chi connectivity index (χ2v) is 4.61. The summed E-state index contributed by atoms with van der Waals surface area (Å²) in [5.74, 6) is 0. The molecule has 76 valence electrons. The van der Waals surface area contributed by atoms with Crippen molar-refractivity contribution in [3.63, 3.8) is 0 Å². The van der Waals surface area contributed by atoms with Gasteiger partial charge in [0.1, 0.15) is 0 Å². The molecule has 0 nitrogen and oxygen atoms in total. The van der Waals surface area contributed by atoms with Crippen molar-refractivity contribution in [2.75, 3.05) is 6.26 Å². The topological polar surface area (TPSA) is 0 Å². The standard InChI is InChI=1S/C13H12S2/c1-15-11-8-6-10(7-9-11)12-4-2-3-5-13(12)14/h2-9,14H,1H3. The van der Waals surface area contributed by atoms with Crippen LogP contribution in [0.25, 0.3) is 11.1 Å². The van der Waals surface area contributed by atoms with Crippen molar-refractivity contribution in [2.24, 2.45) is 0 Å². The van der Waals surface area contributed by atoms with Crippen LogP contribution in [-0.4, -0.2) is 6.26 Å². The van der Waals surface area contributed by atoms with Gasteiger partial charge in [-0.15, -0.1) is 24.4 Å². The predicted molar refractivity (Wildman–Crippen MR) is 70.9 cm³/mol. The van der Waals surface area contributed by atoms with Crippen LogP contribution in [-0.2, 0) is 0 Å². The number of hydrogen-bond donors (Lipinski definition) is 1. The molecule has 0 bridgehead atoms. The Hall–Kier alpha value is -0.860. The van der Waals surface area contributed by atoms with Gasteiger partial charge in [0.05, 0.1) is 0 Å². The highest BCUT2D eigenvalue weighted by Crippen LogP contribution is 2.27. The molecular weight excluding hydrogens is 220 g/mol. The first-order chi connectivity index (χ1) is 7.31. The molecule has 0 aliphatic rings. The van der Waals surface area contributed by atoms with Gasteiger partial charge in [-0.1, -0.05) is 30.3 Å². The van der Waals surface area contributed by atoms with Crippen LogP contribution in [0.1, 0.15) is 0 Å². The van der Waals surface area contributed by atoms with Gasteiger partial charge < -0.3 is 0 Å². The molecule has 0 saturated heterocycles. The fourth-order valence-electron chi connectivity index (χ4n) is 1.49. The van der Waals surface area contributed by atoms with Crippen LogP contribution in [0.3, 0.4) is 0 Å². The van der Waals surface area contributed by atoms with Crippen molar-refractivity contribution < 1.29 is 0 Å². The van der Waals surface area contributed by atoms with E-state index in [4.69, 9.17) is 0 Å². The van der Waals surface area contributed by atoms with E-state index >= 15 is 0 Å². The van der Waals surface area contributed by atoms with E-state index in [2.05, 4.69) is 49.2 Å². The molecule has 0 aromatic heterocycles. The zero-order valence-electron chi connectivity index (χ0n) is 8.47. The highest BCUT2D eigenvalue weighted by atomic mass is 32.2. The molecule has 0 amide bonds. The summed E-state index contributed by atoms with van der Waals surface area (Å²) in [5.41, 5.74) is 2.41. The Kier molecular flexibility index (Phi) is 3.39. The van der Waals surface area contributed by atoms with Crippen LogP contribution >= 0.6 is 24.4 Å². The summed E-state index contributed by atoms with van der Waals surface area (Å²) in [6.45, 7) is 0. The SMILES string of the molecule is CSc1ccc(-c2ccccc2S)cc1. The Balaban J connectivity index is 2.42. The minimum atomic E-state index is 1.02. The molecule has 2 heteroatoms. The van der Waals surface area contributed by atoms with E-state index in [0.29, 0.717) is 0 Å². The largest absolute Gasteiger partial charge is 0.143 e.